The smallest absolute Gasteiger partial charge is 0.414 e. The quantitative estimate of drug-likeness (QED) is 0.783. The average Bonchev–Trinajstić information content (AvgIpc) is 3.36. The second-order valence-corrected chi connectivity index (χ2v) is 7.65. The molecule has 154 valence electrons. The summed E-state index contributed by atoms with van der Waals surface area (Å²) in [4.78, 5) is 32.9. The highest BCUT2D eigenvalue weighted by Gasteiger charge is 2.33. The molecule has 1 aromatic carbocycles. The van der Waals surface area contributed by atoms with Crippen LogP contribution in [0.4, 0.5) is 25.7 Å². The molecule has 2 saturated heterocycles. The van der Waals surface area contributed by atoms with Crippen LogP contribution in [0.2, 0.25) is 0 Å². The fraction of sp³-hybridized carbons (Fsp3) is 0.444. The summed E-state index contributed by atoms with van der Waals surface area (Å²) >= 11 is 1.35. The fourth-order valence-corrected chi connectivity index (χ4v) is 4.04. The van der Waals surface area contributed by atoms with Gasteiger partial charge in [0.1, 0.15) is 18.2 Å². The monoisotopic (exact) mass is 420 g/mol. The zero-order valence-electron chi connectivity index (χ0n) is 15.9. The summed E-state index contributed by atoms with van der Waals surface area (Å²) in [6.07, 6.45) is 0.537. The number of hydrogen-bond acceptors (Lipinski definition) is 8. The lowest BCUT2D eigenvalue weighted by atomic mass is 10.2. The van der Waals surface area contributed by atoms with Crippen LogP contribution in [0.1, 0.15) is 6.92 Å². The first-order chi connectivity index (χ1) is 14.0. The van der Waals surface area contributed by atoms with Crippen molar-refractivity contribution in [1.82, 2.24) is 14.7 Å². The van der Waals surface area contributed by atoms with E-state index in [0.717, 1.165) is 18.2 Å². The molecule has 1 N–H and O–H groups in total. The van der Waals surface area contributed by atoms with Crippen LogP contribution in [0.25, 0.3) is 0 Å². The zero-order chi connectivity index (χ0) is 20.4. The Hall–Kier alpha value is -2.95. The van der Waals surface area contributed by atoms with Crippen LogP contribution in [0.3, 0.4) is 0 Å². The second-order valence-electron chi connectivity index (χ2n) is 6.89. The van der Waals surface area contributed by atoms with Gasteiger partial charge in [-0.25, -0.2) is 14.2 Å². The Morgan fingerprint density at radius 1 is 1.31 bits per heavy atom. The number of anilines is 3. The summed E-state index contributed by atoms with van der Waals surface area (Å²) in [5.41, 5.74) is 0.946. The summed E-state index contributed by atoms with van der Waals surface area (Å²) < 4.78 is 24.1. The molecule has 11 heteroatoms. The van der Waals surface area contributed by atoms with Gasteiger partial charge < -0.3 is 19.9 Å². The number of piperazine rings is 1. The molecule has 2 aliphatic rings. The Balaban J connectivity index is 1.39. The number of benzene rings is 1. The largest absolute Gasteiger partial charge is 0.442 e. The second kappa shape index (κ2) is 8.19. The first kappa shape index (κ1) is 19.4. The van der Waals surface area contributed by atoms with Gasteiger partial charge in [0.15, 0.2) is 0 Å². The van der Waals surface area contributed by atoms with Crippen molar-refractivity contribution in [2.75, 3.05) is 54.0 Å². The van der Waals surface area contributed by atoms with E-state index in [-0.39, 0.29) is 24.8 Å². The number of nitrogens with zero attached hydrogens (tertiary/aromatic N) is 5. The Morgan fingerprint density at radius 2 is 2.07 bits per heavy atom. The van der Waals surface area contributed by atoms with Crippen LogP contribution in [0.5, 0.6) is 0 Å². The number of rotatable bonds is 5. The highest BCUT2D eigenvalue weighted by atomic mass is 32.1. The van der Waals surface area contributed by atoms with Crippen molar-refractivity contribution in [3.05, 3.63) is 30.3 Å². The van der Waals surface area contributed by atoms with Gasteiger partial charge in [-0.3, -0.25) is 9.69 Å². The van der Waals surface area contributed by atoms with E-state index in [2.05, 4.69) is 19.6 Å². The van der Waals surface area contributed by atoms with Crippen LogP contribution >= 0.6 is 11.5 Å². The van der Waals surface area contributed by atoms with Gasteiger partial charge in [0.05, 0.1) is 24.5 Å². The lowest BCUT2D eigenvalue weighted by molar-refractivity contribution is -0.119. The highest BCUT2D eigenvalue weighted by molar-refractivity contribution is 7.09. The van der Waals surface area contributed by atoms with E-state index < -0.39 is 12.2 Å². The molecule has 0 aliphatic carbocycles. The van der Waals surface area contributed by atoms with Gasteiger partial charge in [-0.05, 0) is 18.2 Å². The maximum atomic E-state index is 14.8. The maximum Gasteiger partial charge on any atom is 0.414 e. The molecule has 2 aliphatic heterocycles. The maximum absolute atomic E-state index is 14.8. The van der Waals surface area contributed by atoms with E-state index in [1.54, 1.807) is 12.1 Å². The van der Waals surface area contributed by atoms with Gasteiger partial charge in [0.2, 0.25) is 11.0 Å². The van der Waals surface area contributed by atoms with E-state index in [9.17, 15) is 14.0 Å². The summed E-state index contributed by atoms with van der Waals surface area (Å²) in [5, 5.41) is 3.50. The van der Waals surface area contributed by atoms with Crippen molar-refractivity contribution in [3.8, 4) is 0 Å². The lowest BCUT2D eigenvalue weighted by Gasteiger charge is -2.36. The van der Waals surface area contributed by atoms with Crippen molar-refractivity contribution in [2.24, 2.45) is 0 Å². The highest BCUT2D eigenvalue weighted by Crippen LogP contribution is 2.29. The number of hydrogen-bond donors (Lipinski definition) is 1. The Kier molecular flexibility index (Phi) is 5.47. The van der Waals surface area contributed by atoms with Crippen molar-refractivity contribution in [1.29, 1.82) is 0 Å². The van der Waals surface area contributed by atoms with Crippen LogP contribution in [0, 0.1) is 5.82 Å². The van der Waals surface area contributed by atoms with Crippen molar-refractivity contribution < 1.29 is 18.7 Å². The van der Waals surface area contributed by atoms with Crippen molar-refractivity contribution in [2.45, 2.75) is 13.0 Å². The van der Waals surface area contributed by atoms with Gasteiger partial charge >= 0.3 is 6.09 Å². The average molecular weight is 420 g/mol. The predicted octanol–water partition coefficient (Wildman–Crippen LogP) is 1.47. The number of ether oxygens (including phenoxy) is 1. The van der Waals surface area contributed by atoms with Gasteiger partial charge in [-0.1, -0.05) is 0 Å². The van der Waals surface area contributed by atoms with Gasteiger partial charge in [0, 0.05) is 44.6 Å². The molecule has 0 spiro atoms. The summed E-state index contributed by atoms with van der Waals surface area (Å²) in [5.74, 6) is -0.578. The first-order valence-electron chi connectivity index (χ1n) is 9.30. The van der Waals surface area contributed by atoms with Crippen molar-refractivity contribution >= 4 is 40.0 Å². The molecule has 29 heavy (non-hydrogen) atoms. The first-order valence-corrected chi connectivity index (χ1v) is 10.1. The molecule has 2 aromatic rings. The molecular weight excluding hydrogens is 399 g/mol. The van der Waals surface area contributed by atoms with E-state index >= 15 is 0 Å². The molecule has 0 radical (unpaired) electrons. The molecule has 2 fully saturated rings. The molecule has 1 aromatic heterocycles. The van der Waals surface area contributed by atoms with Gasteiger partial charge in [-0.2, -0.15) is 4.37 Å². The van der Waals surface area contributed by atoms with Gasteiger partial charge in [0.25, 0.3) is 0 Å². The van der Waals surface area contributed by atoms with Crippen LogP contribution < -0.4 is 20.0 Å². The molecule has 2 amide bonds. The summed E-state index contributed by atoms with van der Waals surface area (Å²) in [6, 6.07) is 4.77. The third-order valence-electron chi connectivity index (χ3n) is 4.94. The summed E-state index contributed by atoms with van der Waals surface area (Å²) in [7, 11) is 0. The van der Waals surface area contributed by atoms with Crippen LogP contribution in [-0.2, 0) is 9.53 Å². The summed E-state index contributed by atoms with van der Waals surface area (Å²) in [6.45, 7) is 4.70. The minimum atomic E-state index is -0.543. The molecular formula is C18H21FN6O3S. The fourth-order valence-electron chi connectivity index (χ4n) is 3.46. The van der Waals surface area contributed by atoms with Gasteiger partial charge in [-0.15, -0.1) is 0 Å². The number of amides is 2. The third-order valence-corrected chi connectivity index (χ3v) is 5.66. The number of carbonyl (C=O) groups excluding carboxylic acids is 2. The molecule has 1 atom stereocenters. The van der Waals surface area contributed by atoms with E-state index in [0.29, 0.717) is 24.5 Å². The van der Waals surface area contributed by atoms with E-state index in [1.807, 2.05) is 4.90 Å². The normalized spacial score (nSPS) is 19.4. The molecule has 0 saturated carbocycles. The van der Waals surface area contributed by atoms with Crippen LogP contribution in [-0.4, -0.2) is 66.7 Å². The topological polar surface area (TPSA) is 90.9 Å². The molecule has 0 unspecified atom stereocenters. The minimum absolute atomic E-state index is 0.193. The van der Waals surface area contributed by atoms with Crippen molar-refractivity contribution in [3.63, 3.8) is 0 Å². The number of carbonyl (C=O) groups is 2. The number of cyclic esters (lactones) is 1. The lowest BCUT2D eigenvalue weighted by Crippen LogP contribution is -2.46. The molecule has 9 nitrogen and oxygen atoms in total. The van der Waals surface area contributed by atoms with E-state index in [1.165, 1.54) is 35.7 Å². The van der Waals surface area contributed by atoms with Crippen LogP contribution in [0.15, 0.2) is 24.5 Å². The number of aromatic nitrogens is 2. The molecule has 0 bridgehead atoms. The third kappa shape index (κ3) is 4.24. The Bertz CT molecular complexity index is 888. The predicted molar refractivity (Wildman–Crippen MR) is 107 cm³/mol. The standard InChI is InChI=1S/C18H21FN6O3S/c1-12(26)20-9-14-10-25(18(27)28-14)13-2-3-16(15(19)8-13)23-4-6-24(7-5-23)17-21-11-22-29-17/h2-3,8,11,14H,4-7,9-10H2,1H3,(H,20,26)/t14-/m0/s1. The minimum Gasteiger partial charge on any atom is -0.442 e. The SMILES string of the molecule is CC(=O)NC[C@H]1CN(c2ccc(N3CCN(c4ncns4)CC3)c(F)c2)C(=O)O1. The molecule has 3 heterocycles. The molecule has 4 rings (SSSR count). The number of halogens is 1. The van der Waals surface area contributed by atoms with E-state index in [4.69, 9.17) is 4.74 Å². The Labute approximate surface area is 171 Å². The number of nitrogens with one attached hydrogen (secondary N) is 1. The Morgan fingerprint density at radius 3 is 2.72 bits per heavy atom. The zero-order valence-corrected chi connectivity index (χ0v) is 16.7.